The molecule has 106 valence electrons. The minimum absolute atomic E-state index is 0.341. The highest BCUT2D eigenvalue weighted by atomic mass is 32.2. The maximum absolute atomic E-state index is 12.0. The monoisotopic (exact) mass is 307 g/mol. The summed E-state index contributed by atoms with van der Waals surface area (Å²) in [6, 6.07) is 0.852. The number of hydrogen-bond acceptors (Lipinski definition) is 5. The highest BCUT2D eigenvalue weighted by molar-refractivity contribution is 7.89. The van der Waals surface area contributed by atoms with Crippen molar-refractivity contribution in [1.82, 2.24) is 4.72 Å². The van der Waals surface area contributed by atoms with Gasteiger partial charge >= 0.3 is 11.9 Å². The Morgan fingerprint density at radius 3 is 2.11 bits per heavy atom. The Bertz CT molecular complexity index is 623. The molecule has 19 heavy (non-hydrogen) atoms. The van der Waals surface area contributed by atoms with E-state index in [0.29, 0.717) is 11.3 Å². The Morgan fingerprint density at radius 2 is 1.74 bits per heavy atom. The fourth-order valence-electron chi connectivity index (χ4n) is 1.29. The van der Waals surface area contributed by atoms with Gasteiger partial charge in [0, 0.05) is 5.54 Å². The normalized spacial score (nSPS) is 12.4. The molecule has 0 atom stereocenters. The predicted octanol–water partition coefficient (Wildman–Crippen LogP) is 1.22. The number of rotatable bonds is 4. The molecule has 3 N–H and O–H groups in total. The fraction of sp³-hybridized carbons (Fsp3) is 0.400. The van der Waals surface area contributed by atoms with E-state index in [1.807, 2.05) is 0 Å². The first-order valence-corrected chi connectivity index (χ1v) is 7.38. The number of sulfonamides is 1. The van der Waals surface area contributed by atoms with Gasteiger partial charge in [0.05, 0.1) is 0 Å². The van der Waals surface area contributed by atoms with Gasteiger partial charge in [0.15, 0.2) is 0 Å². The van der Waals surface area contributed by atoms with Crippen molar-refractivity contribution in [3.8, 4) is 0 Å². The Morgan fingerprint density at radius 1 is 1.21 bits per heavy atom. The predicted molar refractivity (Wildman–Crippen MR) is 68.3 cm³/mol. The molecule has 0 radical (unpaired) electrons. The van der Waals surface area contributed by atoms with Crippen molar-refractivity contribution in [3.05, 3.63) is 15.8 Å². The third kappa shape index (κ3) is 3.75. The van der Waals surface area contributed by atoms with Crippen LogP contribution < -0.4 is 4.72 Å². The Labute approximate surface area is 113 Å². The van der Waals surface area contributed by atoms with Crippen LogP contribution in [-0.4, -0.2) is 36.1 Å². The average Bonchev–Trinajstić information content (AvgIpc) is 2.57. The summed E-state index contributed by atoms with van der Waals surface area (Å²) < 4.78 is 26.4. The van der Waals surface area contributed by atoms with Crippen LogP contribution in [-0.2, 0) is 10.0 Å². The van der Waals surface area contributed by atoms with Crippen LogP contribution in [0.25, 0.3) is 0 Å². The minimum atomic E-state index is -4.09. The van der Waals surface area contributed by atoms with Crippen molar-refractivity contribution >= 4 is 33.3 Å². The van der Waals surface area contributed by atoms with Crippen LogP contribution in [0.3, 0.4) is 0 Å². The highest BCUT2D eigenvalue weighted by Crippen LogP contribution is 2.27. The van der Waals surface area contributed by atoms with Gasteiger partial charge in [-0.15, -0.1) is 11.3 Å². The molecular weight excluding hydrogens is 294 g/mol. The lowest BCUT2D eigenvalue weighted by molar-refractivity contribution is 0.0690. The van der Waals surface area contributed by atoms with Gasteiger partial charge in [-0.3, -0.25) is 0 Å². The van der Waals surface area contributed by atoms with Crippen LogP contribution in [0.5, 0.6) is 0 Å². The molecule has 0 aliphatic rings. The van der Waals surface area contributed by atoms with Gasteiger partial charge in [-0.2, -0.15) is 0 Å². The van der Waals surface area contributed by atoms with Crippen LogP contribution in [0, 0.1) is 0 Å². The molecule has 1 heterocycles. The van der Waals surface area contributed by atoms with Crippen molar-refractivity contribution in [1.29, 1.82) is 0 Å². The molecular formula is C10H13NO6S2. The molecule has 0 fully saturated rings. The minimum Gasteiger partial charge on any atom is -0.477 e. The number of carbonyl (C=O) groups is 2. The summed E-state index contributed by atoms with van der Waals surface area (Å²) in [6.07, 6.45) is 0. The molecule has 0 aromatic carbocycles. The maximum Gasteiger partial charge on any atom is 0.347 e. The quantitative estimate of drug-likeness (QED) is 0.769. The van der Waals surface area contributed by atoms with Gasteiger partial charge in [0.2, 0.25) is 10.0 Å². The number of carboxylic acid groups (broad SMARTS) is 2. The number of carboxylic acids is 2. The molecule has 0 saturated carbocycles. The van der Waals surface area contributed by atoms with Gasteiger partial charge in [-0.05, 0) is 26.8 Å². The molecule has 0 aliphatic heterocycles. The third-order valence-electron chi connectivity index (χ3n) is 1.83. The summed E-state index contributed by atoms with van der Waals surface area (Å²) in [4.78, 5) is 20.4. The van der Waals surface area contributed by atoms with E-state index in [1.54, 1.807) is 20.8 Å². The van der Waals surface area contributed by atoms with Crippen molar-refractivity contribution in [2.45, 2.75) is 31.2 Å². The van der Waals surface area contributed by atoms with E-state index in [0.717, 1.165) is 6.07 Å². The van der Waals surface area contributed by atoms with Gasteiger partial charge in [-0.1, -0.05) is 0 Å². The Hall–Kier alpha value is -1.45. The lowest BCUT2D eigenvalue weighted by atomic mass is 10.1. The lowest BCUT2D eigenvalue weighted by Crippen LogP contribution is -2.40. The van der Waals surface area contributed by atoms with Crippen molar-refractivity contribution < 1.29 is 28.2 Å². The Balaban J connectivity index is 3.41. The van der Waals surface area contributed by atoms with E-state index < -0.39 is 37.3 Å². The topological polar surface area (TPSA) is 121 Å². The van der Waals surface area contributed by atoms with Crippen LogP contribution in [0.1, 0.15) is 40.1 Å². The number of nitrogens with one attached hydrogen (secondary N) is 1. The van der Waals surface area contributed by atoms with Gasteiger partial charge in [0.25, 0.3) is 0 Å². The van der Waals surface area contributed by atoms with Gasteiger partial charge in [0.1, 0.15) is 14.6 Å². The summed E-state index contributed by atoms with van der Waals surface area (Å²) >= 11 is 0.410. The molecule has 0 amide bonds. The van der Waals surface area contributed by atoms with Gasteiger partial charge < -0.3 is 10.2 Å². The van der Waals surface area contributed by atoms with E-state index in [2.05, 4.69) is 4.72 Å². The summed E-state index contributed by atoms with van der Waals surface area (Å²) in [6.45, 7) is 4.78. The zero-order valence-corrected chi connectivity index (χ0v) is 12.1. The van der Waals surface area contributed by atoms with E-state index >= 15 is 0 Å². The van der Waals surface area contributed by atoms with Crippen LogP contribution in [0.2, 0.25) is 0 Å². The largest absolute Gasteiger partial charge is 0.477 e. The number of hydrogen-bond donors (Lipinski definition) is 3. The first-order valence-electron chi connectivity index (χ1n) is 5.08. The molecule has 0 unspecified atom stereocenters. The molecule has 7 nitrogen and oxygen atoms in total. The van der Waals surface area contributed by atoms with Crippen molar-refractivity contribution in [2.75, 3.05) is 0 Å². The van der Waals surface area contributed by atoms with E-state index in [9.17, 15) is 18.0 Å². The first-order chi connectivity index (χ1) is 8.44. The standard InChI is InChI=1S/C10H13NO6S2/c1-10(2,3)11-19(16,17)6-4-5(8(12)13)18-7(6)9(14)15/h4,11H,1-3H3,(H,12,13)(H,14,15). The SMILES string of the molecule is CC(C)(C)NS(=O)(=O)c1cc(C(=O)O)sc1C(=O)O. The second-order valence-corrected chi connectivity index (χ2v) is 7.47. The second-order valence-electron chi connectivity index (χ2n) is 4.77. The fourth-order valence-corrected chi connectivity index (χ4v) is 4.07. The molecule has 1 aromatic rings. The van der Waals surface area contributed by atoms with E-state index in [-0.39, 0.29) is 4.88 Å². The molecule has 1 rings (SSSR count). The maximum atomic E-state index is 12.0. The number of thiophene rings is 1. The van der Waals surface area contributed by atoms with Crippen molar-refractivity contribution in [2.24, 2.45) is 0 Å². The highest BCUT2D eigenvalue weighted by Gasteiger charge is 2.30. The zero-order valence-electron chi connectivity index (χ0n) is 10.4. The molecule has 0 bridgehead atoms. The third-order valence-corrected chi connectivity index (χ3v) is 4.86. The molecule has 1 aromatic heterocycles. The van der Waals surface area contributed by atoms with Crippen LogP contribution in [0.15, 0.2) is 11.0 Å². The lowest BCUT2D eigenvalue weighted by Gasteiger charge is -2.20. The number of aromatic carboxylic acids is 2. The zero-order chi connectivity index (χ0) is 15.0. The molecule has 0 aliphatic carbocycles. The molecule has 0 saturated heterocycles. The Kier molecular flexibility index (Phi) is 4.03. The first kappa shape index (κ1) is 15.6. The summed E-state index contributed by atoms with van der Waals surface area (Å²) in [5.41, 5.74) is -0.806. The van der Waals surface area contributed by atoms with Crippen LogP contribution >= 0.6 is 11.3 Å². The molecule has 9 heteroatoms. The van der Waals surface area contributed by atoms with Crippen molar-refractivity contribution in [3.63, 3.8) is 0 Å². The van der Waals surface area contributed by atoms with E-state index in [4.69, 9.17) is 10.2 Å². The second kappa shape index (κ2) is 4.91. The van der Waals surface area contributed by atoms with E-state index in [1.165, 1.54) is 0 Å². The van der Waals surface area contributed by atoms with Gasteiger partial charge in [-0.25, -0.2) is 22.7 Å². The molecule has 0 spiro atoms. The smallest absolute Gasteiger partial charge is 0.347 e. The summed E-state index contributed by atoms with van der Waals surface area (Å²) in [5, 5.41) is 17.8. The summed E-state index contributed by atoms with van der Waals surface area (Å²) in [7, 11) is -4.09. The average molecular weight is 307 g/mol. The van der Waals surface area contributed by atoms with Crippen LogP contribution in [0.4, 0.5) is 0 Å². The summed E-state index contributed by atoms with van der Waals surface area (Å²) in [5.74, 6) is -2.85.